The van der Waals surface area contributed by atoms with Gasteiger partial charge in [-0.05, 0) is 23.7 Å². The summed E-state index contributed by atoms with van der Waals surface area (Å²) >= 11 is 16.9. The number of carbonyl (C=O) groups excluding carboxylic acids is 1. The summed E-state index contributed by atoms with van der Waals surface area (Å²) in [5.74, 6) is 0. The van der Waals surface area contributed by atoms with Crippen molar-refractivity contribution in [2.45, 2.75) is 0 Å². The third-order valence-electron chi connectivity index (χ3n) is 1.52. The number of halogens is 3. The Morgan fingerprint density at radius 1 is 1.38 bits per heavy atom. The van der Waals surface area contributed by atoms with E-state index in [1.165, 1.54) is 12.1 Å². The van der Waals surface area contributed by atoms with Gasteiger partial charge < -0.3 is 5.32 Å². The Morgan fingerprint density at radius 3 is 2.46 bits per heavy atom. The minimum Gasteiger partial charge on any atom is -0.386 e. The first-order chi connectivity index (χ1) is 6.06. The van der Waals surface area contributed by atoms with E-state index in [9.17, 15) is 4.79 Å². The molecule has 1 aromatic rings. The van der Waals surface area contributed by atoms with Crippen molar-refractivity contribution in [2.24, 2.45) is 0 Å². The summed E-state index contributed by atoms with van der Waals surface area (Å²) in [4.78, 5) is 10.9. The molecule has 0 aliphatic heterocycles. The monoisotopic (exact) mass is 237 g/mol. The Balaban J connectivity index is 3.38. The van der Waals surface area contributed by atoms with Crippen LogP contribution in [0.2, 0.25) is 10.0 Å². The van der Waals surface area contributed by atoms with E-state index in [1.807, 2.05) is 0 Å². The Morgan fingerprint density at radius 2 is 2.00 bits per heavy atom. The fourth-order valence-electron chi connectivity index (χ4n) is 0.983. The average Bonchev–Trinajstić information content (AvgIpc) is 2.02. The molecule has 0 spiro atoms. The molecule has 5 heteroatoms. The van der Waals surface area contributed by atoms with E-state index < -0.39 is 5.24 Å². The molecule has 0 aromatic heterocycles. The van der Waals surface area contributed by atoms with Gasteiger partial charge in [0.1, 0.15) is 0 Å². The summed E-state index contributed by atoms with van der Waals surface area (Å²) in [6.07, 6.45) is 0. The third kappa shape index (κ3) is 2.27. The average molecular weight is 239 g/mol. The predicted molar refractivity (Wildman–Crippen MR) is 56.2 cm³/mol. The molecule has 13 heavy (non-hydrogen) atoms. The summed E-state index contributed by atoms with van der Waals surface area (Å²) in [6, 6.07) is 3.01. The van der Waals surface area contributed by atoms with Crippen LogP contribution in [0.5, 0.6) is 0 Å². The molecule has 0 unspecified atom stereocenters. The van der Waals surface area contributed by atoms with E-state index in [2.05, 4.69) is 5.32 Å². The molecule has 0 saturated carbocycles. The second kappa shape index (κ2) is 4.18. The van der Waals surface area contributed by atoms with Crippen LogP contribution in [0.15, 0.2) is 12.1 Å². The van der Waals surface area contributed by atoms with E-state index in [0.717, 1.165) is 0 Å². The van der Waals surface area contributed by atoms with Gasteiger partial charge in [0.2, 0.25) is 0 Å². The van der Waals surface area contributed by atoms with Crippen LogP contribution in [-0.4, -0.2) is 12.3 Å². The molecule has 0 bridgehead atoms. The number of carbonyl (C=O) groups is 1. The minimum absolute atomic E-state index is 0.279. The van der Waals surface area contributed by atoms with Gasteiger partial charge >= 0.3 is 0 Å². The molecular weight excluding hydrogens is 232 g/mol. The lowest BCUT2D eigenvalue weighted by Gasteiger charge is -2.07. The van der Waals surface area contributed by atoms with Crippen LogP contribution in [0.4, 0.5) is 5.69 Å². The molecule has 0 saturated heterocycles. The van der Waals surface area contributed by atoms with Gasteiger partial charge in [0.25, 0.3) is 5.24 Å². The van der Waals surface area contributed by atoms with E-state index in [-0.39, 0.29) is 5.56 Å². The second-order valence-electron chi connectivity index (χ2n) is 2.33. The van der Waals surface area contributed by atoms with Crippen LogP contribution < -0.4 is 5.32 Å². The topological polar surface area (TPSA) is 29.1 Å². The number of benzene rings is 1. The Bertz CT molecular complexity index is 351. The number of nitrogens with one attached hydrogen (secondary N) is 1. The van der Waals surface area contributed by atoms with Crippen molar-refractivity contribution in [2.75, 3.05) is 12.4 Å². The summed E-state index contributed by atoms with van der Waals surface area (Å²) in [5, 5.41) is 2.94. The van der Waals surface area contributed by atoms with Crippen LogP contribution in [-0.2, 0) is 0 Å². The molecule has 1 rings (SSSR count). The van der Waals surface area contributed by atoms with Crippen molar-refractivity contribution >= 4 is 45.7 Å². The van der Waals surface area contributed by atoms with Crippen LogP contribution in [0.25, 0.3) is 0 Å². The highest BCUT2D eigenvalue weighted by molar-refractivity contribution is 6.68. The third-order valence-corrected chi connectivity index (χ3v) is 2.24. The minimum atomic E-state index is -0.589. The lowest BCUT2D eigenvalue weighted by atomic mass is 10.2. The van der Waals surface area contributed by atoms with Crippen molar-refractivity contribution in [1.29, 1.82) is 0 Å². The quantitative estimate of drug-likeness (QED) is 0.800. The lowest BCUT2D eigenvalue weighted by molar-refractivity contribution is 0.108. The zero-order chi connectivity index (χ0) is 10.0. The number of rotatable bonds is 2. The van der Waals surface area contributed by atoms with Gasteiger partial charge in [-0.3, -0.25) is 4.79 Å². The van der Waals surface area contributed by atoms with E-state index in [0.29, 0.717) is 15.7 Å². The molecule has 2 nitrogen and oxygen atoms in total. The van der Waals surface area contributed by atoms with Crippen LogP contribution >= 0.6 is 34.8 Å². The maximum atomic E-state index is 10.9. The Hall–Kier alpha value is -0.440. The molecule has 0 radical (unpaired) electrons. The van der Waals surface area contributed by atoms with Crippen molar-refractivity contribution < 1.29 is 4.79 Å². The van der Waals surface area contributed by atoms with Crippen molar-refractivity contribution in [1.82, 2.24) is 0 Å². The number of anilines is 1. The van der Waals surface area contributed by atoms with Crippen LogP contribution in [0.1, 0.15) is 10.4 Å². The fourth-order valence-corrected chi connectivity index (χ4v) is 1.72. The van der Waals surface area contributed by atoms with E-state index >= 15 is 0 Å². The van der Waals surface area contributed by atoms with Crippen molar-refractivity contribution in [3.63, 3.8) is 0 Å². The van der Waals surface area contributed by atoms with Gasteiger partial charge in [-0.15, -0.1) is 0 Å². The molecule has 0 aliphatic carbocycles. The number of hydrogen-bond donors (Lipinski definition) is 1. The molecule has 1 N–H and O–H groups in total. The first kappa shape index (κ1) is 10.6. The molecule has 1 aromatic carbocycles. The van der Waals surface area contributed by atoms with Crippen LogP contribution in [0, 0.1) is 0 Å². The second-order valence-corrected chi connectivity index (χ2v) is 3.52. The zero-order valence-corrected chi connectivity index (χ0v) is 8.96. The summed E-state index contributed by atoms with van der Waals surface area (Å²) in [6.45, 7) is 0. The largest absolute Gasteiger partial charge is 0.386 e. The predicted octanol–water partition coefficient (Wildman–Crippen LogP) is 3.41. The molecule has 70 valence electrons. The molecular formula is C8H6Cl3NO. The highest BCUT2D eigenvalue weighted by Gasteiger charge is 2.12. The molecule has 0 amide bonds. The highest BCUT2D eigenvalue weighted by atomic mass is 35.5. The summed E-state index contributed by atoms with van der Waals surface area (Å²) in [5.41, 5.74) is 0.771. The van der Waals surface area contributed by atoms with Gasteiger partial charge in [-0.2, -0.15) is 0 Å². The first-order valence-corrected chi connectivity index (χ1v) is 4.56. The van der Waals surface area contributed by atoms with Gasteiger partial charge in [0.15, 0.2) is 0 Å². The standard InChI is InChI=1S/C8H6Cl3NO/c1-12-7-5(8(11)13)2-4(9)3-6(7)10/h2-3,12H,1H3. The van der Waals surface area contributed by atoms with Crippen LogP contribution in [0.3, 0.4) is 0 Å². The van der Waals surface area contributed by atoms with Gasteiger partial charge in [0.05, 0.1) is 16.3 Å². The lowest BCUT2D eigenvalue weighted by Crippen LogP contribution is -1.99. The van der Waals surface area contributed by atoms with E-state index in [1.54, 1.807) is 7.05 Å². The maximum Gasteiger partial charge on any atom is 0.254 e. The highest BCUT2D eigenvalue weighted by Crippen LogP contribution is 2.30. The van der Waals surface area contributed by atoms with Gasteiger partial charge in [0, 0.05) is 12.1 Å². The summed E-state index contributed by atoms with van der Waals surface area (Å²) < 4.78 is 0. The molecule has 0 heterocycles. The Labute approximate surface area is 90.8 Å². The SMILES string of the molecule is CNc1c(Cl)cc(Cl)cc1C(=O)Cl. The first-order valence-electron chi connectivity index (χ1n) is 3.43. The number of hydrogen-bond acceptors (Lipinski definition) is 2. The van der Waals surface area contributed by atoms with Crippen molar-refractivity contribution in [3.05, 3.63) is 27.7 Å². The van der Waals surface area contributed by atoms with Gasteiger partial charge in [-0.1, -0.05) is 23.2 Å². The Kier molecular flexibility index (Phi) is 3.42. The molecule has 0 atom stereocenters. The van der Waals surface area contributed by atoms with Gasteiger partial charge in [-0.25, -0.2) is 0 Å². The maximum absolute atomic E-state index is 10.9. The smallest absolute Gasteiger partial charge is 0.254 e. The normalized spacial score (nSPS) is 9.85. The van der Waals surface area contributed by atoms with Crippen molar-refractivity contribution in [3.8, 4) is 0 Å². The van der Waals surface area contributed by atoms with E-state index in [4.69, 9.17) is 34.8 Å². The zero-order valence-electron chi connectivity index (χ0n) is 6.70. The fraction of sp³-hybridized carbons (Fsp3) is 0.125. The molecule has 0 aliphatic rings. The summed E-state index contributed by atoms with van der Waals surface area (Å²) in [7, 11) is 1.65. The molecule has 0 fully saturated rings.